The summed E-state index contributed by atoms with van der Waals surface area (Å²) in [5.41, 5.74) is 7.13. The summed E-state index contributed by atoms with van der Waals surface area (Å²) in [6.45, 7) is 2.50. The van der Waals surface area contributed by atoms with Gasteiger partial charge in [-0.3, -0.25) is 4.79 Å². The molecule has 3 aromatic carbocycles. The number of carbonyl (C=O) groups excluding carboxylic acids is 1. The largest absolute Gasteiger partial charge is 0.486 e. The highest BCUT2D eigenvalue weighted by atomic mass is 16.5. The van der Waals surface area contributed by atoms with Crippen LogP contribution in [-0.2, 0) is 17.8 Å². The molecular formula is C31H28N4O3. The molecule has 0 aliphatic carbocycles. The molecule has 1 aliphatic heterocycles. The minimum Gasteiger partial charge on any atom is -0.486 e. The lowest BCUT2D eigenvalue weighted by atomic mass is 10.0. The van der Waals surface area contributed by atoms with Gasteiger partial charge in [0, 0.05) is 29.9 Å². The molecule has 1 aliphatic rings. The summed E-state index contributed by atoms with van der Waals surface area (Å²) in [5.74, 6) is 2.24. The second-order valence-corrected chi connectivity index (χ2v) is 9.43. The summed E-state index contributed by atoms with van der Waals surface area (Å²) >= 11 is 0. The lowest BCUT2D eigenvalue weighted by Crippen LogP contribution is -2.18. The van der Waals surface area contributed by atoms with Crippen LogP contribution in [0.25, 0.3) is 22.2 Å². The summed E-state index contributed by atoms with van der Waals surface area (Å²) in [6.07, 6.45) is 3.03. The first-order valence-electron chi connectivity index (χ1n) is 12.7. The highest BCUT2D eigenvalue weighted by Crippen LogP contribution is 2.32. The number of aryl methyl sites for hydroxylation is 1. The van der Waals surface area contributed by atoms with E-state index < -0.39 is 0 Å². The molecule has 3 heterocycles. The molecule has 0 bridgehead atoms. The summed E-state index contributed by atoms with van der Waals surface area (Å²) in [6, 6.07) is 26.4. The SMILES string of the molecule is COc1ccc(-c2ccc3nc(COc4ccc5c(c4)CCC(=O)N5)n([C@@H](C)c4ccccc4)c3c2)cn1. The van der Waals surface area contributed by atoms with E-state index in [1.54, 1.807) is 7.11 Å². The zero-order valence-corrected chi connectivity index (χ0v) is 21.3. The van der Waals surface area contributed by atoms with Crippen LogP contribution in [-0.4, -0.2) is 27.6 Å². The molecule has 0 radical (unpaired) electrons. The number of nitrogens with zero attached hydrogens (tertiary/aromatic N) is 3. The van der Waals surface area contributed by atoms with E-state index in [1.807, 2.05) is 48.7 Å². The first-order valence-corrected chi connectivity index (χ1v) is 12.7. The van der Waals surface area contributed by atoms with E-state index in [4.69, 9.17) is 14.5 Å². The van der Waals surface area contributed by atoms with Gasteiger partial charge < -0.3 is 19.4 Å². The molecule has 0 unspecified atom stereocenters. The van der Waals surface area contributed by atoms with Gasteiger partial charge in [0.05, 0.1) is 24.2 Å². The number of aromatic nitrogens is 3. The van der Waals surface area contributed by atoms with Gasteiger partial charge in [-0.1, -0.05) is 36.4 Å². The van der Waals surface area contributed by atoms with Crippen LogP contribution in [0.3, 0.4) is 0 Å². The van der Waals surface area contributed by atoms with Gasteiger partial charge in [-0.05, 0) is 66.4 Å². The smallest absolute Gasteiger partial charge is 0.224 e. The van der Waals surface area contributed by atoms with Crippen LogP contribution < -0.4 is 14.8 Å². The Kier molecular flexibility index (Phi) is 6.25. The molecule has 1 amide bonds. The molecule has 0 fully saturated rings. The molecule has 0 saturated heterocycles. The number of imidazole rings is 1. The van der Waals surface area contributed by atoms with Crippen LogP contribution in [0.2, 0.25) is 0 Å². The number of rotatable bonds is 7. The second kappa shape index (κ2) is 10.0. The van der Waals surface area contributed by atoms with Gasteiger partial charge in [0.1, 0.15) is 18.2 Å². The standard InChI is InChI=1S/C31H28N4O3/c1-20(21-6-4-3-5-7-21)35-28-17-22(24-10-15-31(37-2)32-18-24)8-12-27(28)33-29(35)19-38-25-11-13-26-23(16-25)9-14-30(36)34-26/h3-8,10-13,15-18,20H,9,14,19H2,1-2H3,(H,34,36)/t20-/m0/s1. The summed E-state index contributed by atoms with van der Waals surface area (Å²) < 4.78 is 13.7. The fraction of sp³-hybridized carbons (Fsp3) is 0.194. The van der Waals surface area contributed by atoms with Crippen molar-refractivity contribution in [3.8, 4) is 22.8 Å². The zero-order valence-electron chi connectivity index (χ0n) is 21.3. The Labute approximate surface area is 221 Å². The van der Waals surface area contributed by atoms with Gasteiger partial charge in [0.2, 0.25) is 11.8 Å². The molecule has 0 saturated carbocycles. The molecular weight excluding hydrogens is 476 g/mol. The molecule has 2 aromatic heterocycles. The predicted octanol–water partition coefficient (Wildman–Crippen LogP) is 6.18. The van der Waals surface area contributed by atoms with Gasteiger partial charge >= 0.3 is 0 Å². The van der Waals surface area contributed by atoms with Gasteiger partial charge in [-0.2, -0.15) is 0 Å². The molecule has 0 spiro atoms. The van der Waals surface area contributed by atoms with Crippen molar-refractivity contribution in [2.24, 2.45) is 0 Å². The second-order valence-electron chi connectivity index (χ2n) is 9.43. The third-order valence-electron chi connectivity index (χ3n) is 7.05. The predicted molar refractivity (Wildman–Crippen MR) is 147 cm³/mol. The lowest BCUT2D eigenvalue weighted by Gasteiger charge is -2.20. The van der Waals surface area contributed by atoms with E-state index in [2.05, 4.69) is 58.2 Å². The highest BCUT2D eigenvalue weighted by molar-refractivity contribution is 5.94. The number of nitrogens with one attached hydrogen (secondary N) is 1. The van der Waals surface area contributed by atoms with Crippen molar-refractivity contribution in [3.63, 3.8) is 0 Å². The van der Waals surface area contributed by atoms with E-state index in [0.29, 0.717) is 25.3 Å². The van der Waals surface area contributed by atoms with Crippen LogP contribution in [0.4, 0.5) is 5.69 Å². The maximum absolute atomic E-state index is 11.7. The van der Waals surface area contributed by atoms with Crippen molar-refractivity contribution >= 4 is 22.6 Å². The number of hydrogen-bond acceptors (Lipinski definition) is 5. The van der Waals surface area contributed by atoms with Crippen molar-refractivity contribution in [1.29, 1.82) is 0 Å². The maximum atomic E-state index is 11.7. The van der Waals surface area contributed by atoms with Gasteiger partial charge in [0.25, 0.3) is 0 Å². The minimum atomic E-state index is 0.0442. The van der Waals surface area contributed by atoms with Crippen LogP contribution in [0.5, 0.6) is 11.6 Å². The summed E-state index contributed by atoms with van der Waals surface area (Å²) in [4.78, 5) is 21.1. The van der Waals surface area contributed by atoms with E-state index in [0.717, 1.165) is 45.0 Å². The van der Waals surface area contributed by atoms with E-state index in [1.165, 1.54) is 5.56 Å². The van der Waals surface area contributed by atoms with E-state index in [-0.39, 0.29) is 11.9 Å². The third kappa shape index (κ3) is 4.59. The normalized spacial score (nSPS) is 13.6. The Hall–Kier alpha value is -4.65. The van der Waals surface area contributed by atoms with Gasteiger partial charge in [0.15, 0.2) is 0 Å². The number of carbonyl (C=O) groups is 1. The van der Waals surface area contributed by atoms with Gasteiger partial charge in [-0.25, -0.2) is 9.97 Å². The Morgan fingerprint density at radius 3 is 2.61 bits per heavy atom. The average molecular weight is 505 g/mol. The Balaban J connectivity index is 1.37. The van der Waals surface area contributed by atoms with Crippen molar-refractivity contribution < 1.29 is 14.3 Å². The Morgan fingerprint density at radius 1 is 0.974 bits per heavy atom. The molecule has 5 aromatic rings. The highest BCUT2D eigenvalue weighted by Gasteiger charge is 2.20. The molecule has 38 heavy (non-hydrogen) atoms. The van der Waals surface area contributed by atoms with Crippen molar-refractivity contribution in [2.75, 3.05) is 12.4 Å². The number of methoxy groups -OCH3 is 1. The average Bonchev–Trinajstić information content (AvgIpc) is 3.33. The first-order chi connectivity index (χ1) is 18.6. The monoisotopic (exact) mass is 504 g/mol. The maximum Gasteiger partial charge on any atom is 0.224 e. The van der Waals surface area contributed by atoms with E-state index in [9.17, 15) is 4.79 Å². The number of benzene rings is 3. The quantitative estimate of drug-likeness (QED) is 0.286. The van der Waals surface area contributed by atoms with Crippen molar-refractivity contribution in [1.82, 2.24) is 14.5 Å². The number of anilines is 1. The fourth-order valence-corrected chi connectivity index (χ4v) is 5.01. The topological polar surface area (TPSA) is 78.3 Å². The summed E-state index contributed by atoms with van der Waals surface area (Å²) in [5, 5.41) is 2.92. The molecule has 1 N–H and O–H groups in total. The first kappa shape index (κ1) is 23.7. The number of hydrogen-bond donors (Lipinski definition) is 1. The molecule has 7 nitrogen and oxygen atoms in total. The number of amides is 1. The van der Waals surface area contributed by atoms with Crippen LogP contribution >= 0.6 is 0 Å². The van der Waals surface area contributed by atoms with Crippen molar-refractivity contribution in [3.05, 3.63) is 102 Å². The number of ether oxygens (including phenoxy) is 2. The molecule has 190 valence electrons. The fourth-order valence-electron chi connectivity index (χ4n) is 5.01. The van der Waals surface area contributed by atoms with Crippen LogP contribution in [0, 0.1) is 0 Å². The Bertz CT molecular complexity index is 1610. The zero-order chi connectivity index (χ0) is 26.1. The minimum absolute atomic E-state index is 0.0442. The van der Waals surface area contributed by atoms with Gasteiger partial charge in [-0.15, -0.1) is 0 Å². The van der Waals surface area contributed by atoms with Crippen LogP contribution in [0.1, 0.15) is 36.3 Å². The lowest BCUT2D eigenvalue weighted by molar-refractivity contribution is -0.116. The summed E-state index contributed by atoms with van der Waals surface area (Å²) in [7, 11) is 1.61. The Morgan fingerprint density at radius 2 is 1.82 bits per heavy atom. The molecule has 6 rings (SSSR count). The number of fused-ring (bicyclic) bond motifs is 2. The van der Waals surface area contributed by atoms with Crippen LogP contribution in [0.15, 0.2) is 85.1 Å². The van der Waals surface area contributed by atoms with Crippen molar-refractivity contribution in [2.45, 2.75) is 32.4 Å². The number of pyridine rings is 1. The molecule has 1 atom stereocenters. The van der Waals surface area contributed by atoms with E-state index >= 15 is 0 Å². The third-order valence-corrected chi connectivity index (χ3v) is 7.05. The molecule has 7 heteroatoms.